The Balaban J connectivity index is 2.59. The molecule has 28 heavy (non-hydrogen) atoms. The van der Waals surface area contributed by atoms with Crippen LogP contribution in [0.25, 0.3) is 5.76 Å². The molecular formula is C17H12Cl2FN3O5. The summed E-state index contributed by atoms with van der Waals surface area (Å²) in [6, 6.07) is 6.78. The number of nitrogens with zero attached hydrogens (tertiary/aromatic N) is 3. The molecule has 0 radical (unpaired) electrons. The number of aliphatic hydroxyl groups excluding tert-OH is 1. The van der Waals surface area contributed by atoms with E-state index < -0.39 is 33.9 Å². The number of rotatable bonds is 6. The van der Waals surface area contributed by atoms with Gasteiger partial charge in [0.2, 0.25) is 5.70 Å². The molecule has 0 aromatic heterocycles. The smallest absolute Gasteiger partial charge is 0.362 e. The van der Waals surface area contributed by atoms with E-state index in [-0.39, 0.29) is 27.9 Å². The molecule has 0 saturated carbocycles. The number of nitro benzene ring substituents is 1. The number of hydrogen-bond acceptors (Lipinski definition) is 7. The topological polar surface area (TPSA) is 114 Å². The van der Waals surface area contributed by atoms with Gasteiger partial charge in [0.15, 0.2) is 5.76 Å². The molecule has 146 valence electrons. The van der Waals surface area contributed by atoms with Crippen LogP contribution < -0.4 is 0 Å². The highest BCUT2D eigenvalue weighted by Crippen LogP contribution is 2.35. The number of halogens is 3. The van der Waals surface area contributed by atoms with Crippen LogP contribution in [0, 0.1) is 15.9 Å². The average Bonchev–Trinajstić information content (AvgIpc) is 2.63. The summed E-state index contributed by atoms with van der Waals surface area (Å²) in [4.78, 5) is 22.5. The summed E-state index contributed by atoms with van der Waals surface area (Å²) in [5.41, 5.74) is -1.26. The fourth-order valence-electron chi connectivity index (χ4n) is 1.99. The highest BCUT2D eigenvalue weighted by Gasteiger charge is 2.24. The molecule has 0 atom stereocenters. The fourth-order valence-corrected chi connectivity index (χ4v) is 2.53. The monoisotopic (exact) mass is 427 g/mol. The van der Waals surface area contributed by atoms with Crippen LogP contribution >= 0.6 is 23.2 Å². The number of ether oxygens (including phenoxy) is 1. The van der Waals surface area contributed by atoms with Crippen LogP contribution in [-0.2, 0) is 9.53 Å². The summed E-state index contributed by atoms with van der Waals surface area (Å²) in [6.45, 7) is 1.50. The zero-order valence-corrected chi connectivity index (χ0v) is 15.7. The van der Waals surface area contributed by atoms with Crippen molar-refractivity contribution in [2.24, 2.45) is 10.2 Å². The zero-order chi connectivity index (χ0) is 20.8. The third kappa shape index (κ3) is 5.02. The normalized spacial score (nSPS) is 12.0. The van der Waals surface area contributed by atoms with Crippen molar-refractivity contribution in [3.05, 3.63) is 73.6 Å². The van der Waals surface area contributed by atoms with Gasteiger partial charge in [0.05, 0.1) is 22.2 Å². The maximum atomic E-state index is 13.0. The van der Waals surface area contributed by atoms with E-state index in [1.807, 2.05) is 0 Å². The number of carbonyl (C=O) groups is 1. The molecule has 0 bridgehead atoms. The van der Waals surface area contributed by atoms with E-state index in [2.05, 4.69) is 10.2 Å². The van der Waals surface area contributed by atoms with E-state index in [1.165, 1.54) is 19.1 Å². The second-order valence-electron chi connectivity index (χ2n) is 5.13. The second kappa shape index (κ2) is 9.25. The van der Waals surface area contributed by atoms with Crippen LogP contribution in [0.2, 0.25) is 10.0 Å². The number of benzene rings is 2. The number of hydrogen-bond donors (Lipinski definition) is 1. The molecule has 0 saturated heterocycles. The van der Waals surface area contributed by atoms with Gasteiger partial charge >= 0.3 is 5.97 Å². The molecule has 11 heteroatoms. The van der Waals surface area contributed by atoms with Gasteiger partial charge in [-0.1, -0.05) is 23.2 Å². The number of carbonyl (C=O) groups excluding carboxylic acids is 1. The van der Waals surface area contributed by atoms with E-state index in [0.29, 0.717) is 0 Å². The van der Waals surface area contributed by atoms with Gasteiger partial charge in [-0.25, -0.2) is 9.18 Å². The van der Waals surface area contributed by atoms with Crippen molar-refractivity contribution in [3.63, 3.8) is 0 Å². The van der Waals surface area contributed by atoms with E-state index in [0.717, 1.165) is 24.3 Å². The molecule has 0 aliphatic rings. The maximum Gasteiger partial charge on any atom is 0.362 e. The maximum absolute atomic E-state index is 13.0. The largest absolute Gasteiger partial charge is 0.505 e. The molecule has 0 aliphatic carbocycles. The summed E-state index contributed by atoms with van der Waals surface area (Å²) in [7, 11) is 0. The first-order chi connectivity index (χ1) is 13.2. The van der Waals surface area contributed by atoms with Crippen molar-refractivity contribution in [1.29, 1.82) is 0 Å². The third-order valence-electron chi connectivity index (χ3n) is 3.27. The number of azo groups is 1. The fraction of sp³-hybridized carbons (Fsp3) is 0.118. The Bertz CT molecular complexity index is 978. The van der Waals surface area contributed by atoms with Crippen molar-refractivity contribution in [2.45, 2.75) is 6.92 Å². The number of esters is 1. The van der Waals surface area contributed by atoms with E-state index in [9.17, 15) is 24.4 Å². The lowest BCUT2D eigenvalue weighted by Gasteiger charge is -2.08. The van der Waals surface area contributed by atoms with Crippen LogP contribution in [0.3, 0.4) is 0 Å². The Hall–Kier alpha value is -3.04. The molecule has 0 fully saturated rings. The quantitative estimate of drug-likeness (QED) is 0.160. The minimum Gasteiger partial charge on any atom is -0.505 e. The molecule has 1 N–H and O–H groups in total. The summed E-state index contributed by atoms with van der Waals surface area (Å²) >= 11 is 11.8. The van der Waals surface area contributed by atoms with Crippen molar-refractivity contribution in [3.8, 4) is 0 Å². The zero-order valence-electron chi connectivity index (χ0n) is 14.2. The summed E-state index contributed by atoms with van der Waals surface area (Å²) < 4.78 is 17.8. The Kier molecular flexibility index (Phi) is 7.02. The van der Waals surface area contributed by atoms with Gasteiger partial charge in [0.1, 0.15) is 10.8 Å². The van der Waals surface area contributed by atoms with Crippen molar-refractivity contribution < 1.29 is 24.0 Å². The molecule has 0 unspecified atom stereocenters. The van der Waals surface area contributed by atoms with Gasteiger partial charge in [-0.2, -0.15) is 5.11 Å². The molecule has 8 nitrogen and oxygen atoms in total. The lowest BCUT2D eigenvalue weighted by atomic mass is 10.1. The third-order valence-corrected chi connectivity index (χ3v) is 3.89. The van der Waals surface area contributed by atoms with E-state index in [1.54, 1.807) is 0 Å². The molecule has 0 amide bonds. The van der Waals surface area contributed by atoms with Crippen LogP contribution in [0.4, 0.5) is 15.8 Å². The predicted molar refractivity (Wildman–Crippen MR) is 100 cm³/mol. The van der Waals surface area contributed by atoms with Gasteiger partial charge in [0, 0.05) is 11.6 Å². The first-order valence-electron chi connectivity index (χ1n) is 7.66. The van der Waals surface area contributed by atoms with Gasteiger partial charge in [-0.3, -0.25) is 10.1 Å². The molecule has 0 heterocycles. The summed E-state index contributed by atoms with van der Waals surface area (Å²) in [5, 5.41) is 28.5. The lowest BCUT2D eigenvalue weighted by Crippen LogP contribution is -2.08. The minimum absolute atomic E-state index is 0.0316. The van der Waals surface area contributed by atoms with Gasteiger partial charge in [0.25, 0.3) is 5.69 Å². The number of aliphatic hydroxyl groups is 1. The molecular weight excluding hydrogens is 416 g/mol. The predicted octanol–water partition coefficient (Wildman–Crippen LogP) is 5.61. The van der Waals surface area contributed by atoms with Crippen LogP contribution in [-0.4, -0.2) is 22.6 Å². The van der Waals surface area contributed by atoms with Crippen molar-refractivity contribution in [2.75, 3.05) is 6.61 Å². The molecule has 2 aromatic rings. The van der Waals surface area contributed by atoms with E-state index >= 15 is 0 Å². The van der Waals surface area contributed by atoms with Gasteiger partial charge < -0.3 is 9.84 Å². The lowest BCUT2D eigenvalue weighted by molar-refractivity contribution is -0.384. The van der Waals surface area contributed by atoms with Gasteiger partial charge in [-0.05, 0) is 37.3 Å². The molecule has 0 spiro atoms. The van der Waals surface area contributed by atoms with Crippen LogP contribution in [0.1, 0.15) is 12.5 Å². The highest BCUT2D eigenvalue weighted by atomic mass is 35.5. The Labute approximate surface area is 168 Å². The average molecular weight is 428 g/mol. The standard InChI is InChI=1S/C17H12Cl2FN3O5/c1-2-28-17(25)15(22-21-10-5-3-9(20)4-6-10)16(24)11-7-14(23(26)27)13(19)8-12(11)18/h3-8,24H,2H2,1H3. The summed E-state index contributed by atoms with van der Waals surface area (Å²) in [5.74, 6) is -2.34. The van der Waals surface area contributed by atoms with E-state index in [4.69, 9.17) is 27.9 Å². The first kappa shape index (κ1) is 21.3. The van der Waals surface area contributed by atoms with Crippen LogP contribution in [0.5, 0.6) is 0 Å². The first-order valence-corrected chi connectivity index (χ1v) is 8.41. The Morgan fingerprint density at radius 3 is 2.46 bits per heavy atom. The molecule has 0 aliphatic heterocycles. The van der Waals surface area contributed by atoms with Crippen molar-refractivity contribution >= 4 is 46.3 Å². The minimum atomic E-state index is -1.04. The SMILES string of the molecule is CCOC(=O)C(N=Nc1ccc(F)cc1)=C(O)c1cc([N+](=O)[O-])c(Cl)cc1Cl. The number of nitro groups is 1. The Morgan fingerprint density at radius 2 is 1.89 bits per heavy atom. The van der Waals surface area contributed by atoms with Gasteiger partial charge in [-0.15, -0.1) is 5.11 Å². The highest BCUT2D eigenvalue weighted by molar-refractivity contribution is 6.37. The summed E-state index contributed by atoms with van der Waals surface area (Å²) in [6.07, 6.45) is 0. The van der Waals surface area contributed by atoms with Crippen molar-refractivity contribution in [1.82, 2.24) is 0 Å². The second-order valence-corrected chi connectivity index (χ2v) is 5.95. The van der Waals surface area contributed by atoms with Crippen LogP contribution in [0.15, 0.2) is 52.3 Å². The Morgan fingerprint density at radius 1 is 1.25 bits per heavy atom. The molecule has 2 rings (SSSR count). The molecule has 2 aromatic carbocycles.